The number of ether oxygens (including phenoxy) is 8. The average molecular weight is 485 g/mol. The maximum Gasteiger partial charge on any atom is 0.165 e. The molecule has 0 aliphatic carbocycles. The SMILES string of the molecule is CC(C)(c1cccc(OCC2CO2)c1OCC1CO1)c1cccc(OCC2CO2)c1OCC1CO1. The predicted molar refractivity (Wildman–Crippen MR) is 126 cm³/mol. The van der Waals surface area contributed by atoms with Gasteiger partial charge in [-0.05, 0) is 12.1 Å². The second kappa shape index (κ2) is 9.50. The Kier molecular flexibility index (Phi) is 6.22. The summed E-state index contributed by atoms with van der Waals surface area (Å²) < 4.78 is 46.3. The van der Waals surface area contributed by atoms with E-state index in [0.29, 0.717) is 37.9 Å². The summed E-state index contributed by atoms with van der Waals surface area (Å²) in [5.74, 6) is 2.86. The fourth-order valence-electron chi connectivity index (χ4n) is 4.06. The number of para-hydroxylation sites is 2. The zero-order valence-corrected chi connectivity index (χ0v) is 20.2. The molecule has 0 N–H and O–H groups in total. The second-order valence-electron chi connectivity index (χ2n) is 9.96. The van der Waals surface area contributed by atoms with Crippen LogP contribution in [0.2, 0.25) is 0 Å². The number of epoxide rings is 4. The van der Waals surface area contributed by atoms with Gasteiger partial charge in [-0.3, -0.25) is 0 Å². The van der Waals surface area contributed by atoms with Gasteiger partial charge in [-0.25, -0.2) is 0 Å². The maximum absolute atomic E-state index is 6.32. The van der Waals surface area contributed by atoms with E-state index in [4.69, 9.17) is 37.9 Å². The lowest BCUT2D eigenvalue weighted by Gasteiger charge is -2.31. The fourth-order valence-corrected chi connectivity index (χ4v) is 4.06. The largest absolute Gasteiger partial charge is 0.487 e. The first-order chi connectivity index (χ1) is 17.1. The Morgan fingerprint density at radius 3 is 1.29 bits per heavy atom. The van der Waals surface area contributed by atoms with Crippen molar-refractivity contribution in [3.8, 4) is 23.0 Å². The molecule has 4 aliphatic heterocycles. The lowest BCUT2D eigenvalue weighted by molar-refractivity contribution is 0.221. The van der Waals surface area contributed by atoms with Crippen LogP contribution >= 0.6 is 0 Å². The van der Waals surface area contributed by atoms with E-state index in [1.54, 1.807) is 0 Å². The van der Waals surface area contributed by atoms with Crippen molar-refractivity contribution in [1.29, 1.82) is 0 Å². The maximum atomic E-state index is 6.32. The van der Waals surface area contributed by atoms with Gasteiger partial charge in [0.05, 0.1) is 26.4 Å². The molecule has 8 heteroatoms. The number of hydrogen-bond acceptors (Lipinski definition) is 8. The van der Waals surface area contributed by atoms with E-state index in [1.807, 2.05) is 24.3 Å². The molecule has 0 radical (unpaired) electrons. The van der Waals surface area contributed by atoms with E-state index in [-0.39, 0.29) is 24.4 Å². The van der Waals surface area contributed by atoms with Crippen molar-refractivity contribution in [3.05, 3.63) is 47.5 Å². The van der Waals surface area contributed by atoms with Crippen molar-refractivity contribution in [2.75, 3.05) is 52.9 Å². The van der Waals surface area contributed by atoms with Crippen molar-refractivity contribution in [3.63, 3.8) is 0 Å². The molecule has 188 valence electrons. The second-order valence-corrected chi connectivity index (χ2v) is 9.96. The van der Waals surface area contributed by atoms with Crippen LogP contribution in [0.25, 0.3) is 0 Å². The molecule has 0 bridgehead atoms. The Morgan fingerprint density at radius 2 is 0.943 bits per heavy atom. The van der Waals surface area contributed by atoms with Crippen LogP contribution in [0, 0.1) is 0 Å². The molecule has 2 aromatic rings. The van der Waals surface area contributed by atoms with Gasteiger partial charge in [-0.2, -0.15) is 0 Å². The molecule has 8 nitrogen and oxygen atoms in total. The van der Waals surface area contributed by atoms with E-state index < -0.39 is 5.41 Å². The molecule has 4 aliphatic rings. The summed E-state index contributed by atoms with van der Waals surface area (Å²) in [5.41, 5.74) is 1.52. The minimum Gasteiger partial charge on any atom is -0.487 e. The lowest BCUT2D eigenvalue weighted by Crippen LogP contribution is -2.23. The smallest absolute Gasteiger partial charge is 0.165 e. The molecule has 4 saturated heterocycles. The zero-order valence-electron chi connectivity index (χ0n) is 20.2. The highest BCUT2D eigenvalue weighted by Gasteiger charge is 2.35. The van der Waals surface area contributed by atoms with Gasteiger partial charge in [0.25, 0.3) is 0 Å². The Morgan fingerprint density at radius 1 is 0.600 bits per heavy atom. The van der Waals surface area contributed by atoms with E-state index in [9.17, 15) is 0 Å². The Bertz CT molecular complexity index is 956. The molecule has 4 heterocycles. The van der Waals surface area contributed by atoms with Crippen molar-refractivity contribution < 1.29 is 37.9 Å². The summed E-state index contributed by atoms with van der Waals surface area (Å²) in [6, 6.07) is 12.1. The van der Waals surface area contributed by atoms with E-state index in [1.165, 1.54) is 0 Å². The quantitative estimate of drug-likeness (QED) is 0.378. The normalized spacial score (nSPS) is 26.1. The molecule has 0 amide bonds. The minimum absolute atomic E-state index is 0.129. The average Bonchev–Trinajstić information content (AvgIpc) is 3.71. The summed E-state index contributed by atoms with van der Waals surface area (Å²) in [4.78, 5) is 0. The highest BCUT2D eigenvalue weighted by molar-refractivity contribution is 5.58. The van der Waals surface area contributed by atoms with Crippen LogP contribution in [-0.4, -0.2) is 77.3 Å². The minimum atomic E-state index is -0.482. The van der Waals surface area contributed by atoms with Crippen LogP contribution in [0.4, 0.5) is 0 Å². The summed E-state index contributed by atoms with van der Waals surface area (Å²) in [5, 5.41) is 0. The summed E-state index contributed by atoms with van der Waals surface area (Å²) in [7, 11) is 0. The molecule has 4 atom stereocenters. The Balaban J connectivity index is 1.34. The van der Waals surface area contributed by atoms with E-state index in [2.05, 4.69) is 26.0 Å². The summed E-state index contributed by atoms with van der Waals surface area (Å²) in [6.07, 6.45) is 0.564. The number of benzene rings is 2. The first kappa shape index (κ1) is 22.9. The number of rotatable bonds is 14. The standard InChI is InChI=1S/C27H32O8/c1-27(2,21-5-3-7-23(32-13-17-9-28-17)25(21)34-15-19-11-30-19)22-6-4-8-24(33-14-18-10-29-18)26(22)35-16-20-12-31-20/h3-8,17-20H,9-16H2,1-2H3. The Hall–Kier alpha value is -2.52. The van der Waals surface area contributed by atoms with Gasteiger partial charge in [0.2, 0.25) is 0 Å². The summed E-state index contributed by atoms with van der Waals surface area (Å²) >= 11 is 0. The van der Waals surface area contributed by atoms with Crippen molar-refractivity contribution >= 4 is 0 Å². The fraction of sp³-hybridized carbons (Fsp3) is 0.556. The van der Waals surface area contributed by atoms with Gasteiger partial charge < -0.3 is 37.9 Å². The molecule has 4 fully saturated rings. The predicted octanol–water partition coefficient (Wildman–Crippen LogP) is 3.12. The lowest BCUT2D eigenvalue weighted by atomic mass is 9.77. The van der Waals surface area contributed by atoms with Gasteiger partial charge in [0.1, 0.15) is 50.8 Å². The first-order valence-electron chi connectivity index (χ1n) is 12.3. The van der Waals surface area contributed by atoms with E-state index in [0.717, 1.165) is 49.1 Å². The third-order valence-corrected chi connectivity index (χ3v) is 6.59. The molecule has 0 aromatic heterocycles. The van der Waals surface area contributed by atoms with Gasteiger partial charge in [0.15, 0.2) is 23.0 Å². The molecular weight excluding hydrogens is 452 g/mol. The van der Waals surface area contributed by atoms with Crippen LogP contribution in [0.15, 0.2) is 36.4 Å². The third kappa shape index (κ3) is 5.67. The summed E-state index contributed by atoms with van der Waals surface area (Å²) in [6.45, 7) is 9.23. The van der Waals surface area contributed by atoms with Crippen LogP contribution in [-0.2, 0) is 24.4 Å². The van der Waals surface area contributed by atoms with Gasteiger partial charge >= 0.3 is 0 Å². The molecule has 6 rings (SSSR count). The first-order valence-corrected chi connectivity index (χ1v) is 12.3. The van der Waals surface area contributed by atoms with Crippen LogP contribution in [0.3, 0.4) is 0 Å². The topological polar surface area (TPSA) is 87.0 Å². The van der Waals surface area contributed by atoms with Gasteiger partial charge in [-0.1, -0.05) is 38.1 Å². The van der Waals surface area contributed by atoms with Crippen LogP contribution in [0.1, 0.15) is 25.0 Å². The van der Waals surface area contributed by atoms with Crippen LogP contribution < -0.4 is 18.9 Å². The number of hydrogen-bond donors (Lipinski definition) is 0. The molecule has 35 heavy (non-hydrogen) atoms. The molecule has 0 spiro atoms. The molecule has 0 saturated carbocycles. The Labute approximate surface area is 205 Å². The zero-order chi connectivity index (χ0) is 23.8. The highest BCUT2D eigenvalue weighted by Crippen LogP contribution is 2.47. The third-order valence-electron chi connectivity index (χ3n) is 6.59. The van der Waals surface area contributed by atoms with Gasteiger partial charge in [0, 0.05) is 16.5 Å². The monoisotopic (exact) mass is 484 g/mol. The van der Waals surface area contributed by atoms with Crippen LogP contribution in [0.5, 0.6) is 23.0 Å². The highest BCUT2D eigenvalue weighted by atomic mass is 16.6. The van der Waals surface area contributed by atoms with Gasteiger partial charge in [-0.15, -0.1) is 0 Å². The molecule has 2 aromatic carbocycles. The van der Waals surface area contributed by atoms with E-state index >= 15 is 0 Å². The molecular formula is C27H32O8. The van der Waals surface area contributed by atoms with Crippen molar-refractivity contribution in [1.82, 2.24) is 0 Å². The molecule has 4 unspecified atom stereocenters. The van der Waals surface area contributed by atoms with Crippen molar-refractivity contribution in [2.24, 2.45) is 0 Å². The van der Waals surface area contributed by atoms with Crippen molar-refractivity contribution in [2.45, 2.75) is 43.7 Å².